The van der Waals surface area contributed by atoms with Crippen LogP contribution in [0.15, 0.2) is 4.90 Å². The SMILES string of the molecule is CCN(CC)CCN(CC)S(=O)(=O)c1c(C)nn(C)c1Cl. The maximum Gasteiger partial charge on any atom is 0.248 e. The second-order valence-electron chi connectivity index (χ2n) is 4.85. The summed E-state index contributed by atoms with van der Waals surface area (Å²) in [5.74, 6) is 0. The van der Waals surface area contributed by atoms with Crippen LogP contribution in [-0.4, -0.2) is 60.1 Å². The van der Waals surface area contributed by atoms with E-state index in [1.807, 2.05) is 6.92 Å². The van der Waals surface area contributed by atoms with Crippen molar-refractivity contribution in [2.75, 3.05) is 32.7 Å². The van der Waals surface area contributed by atoms with Gasteiger partial charge in [0, 0.05) is 26.7 Å². The van der Waals surface area contributed by atoms with Crippen LogP contribution in [0.1, 0.15) is 26.5 Å². The average Bonchev–Trinajstić information content (AvgIpc) is 2.68. The Bertz CT molecular complexity index is 567. The Labute approximate surface area is 132 Å². The van der Waals surface area contributed by atoms with Gasteiger partial charge in [-0.25, -0.2) is 8.42 Å². The average molecular weight is 337 g/mol. The zero-order valence-corrected chi connectivity index (χ0v) is 15.0. The van der Waals surface area contributed by atoms with Crippen molar-refractivity contribution < 1.29 is 8.42 Å². The molecule has 0 spiro atoms. The van der Waals surface area contributed by atoms with Gasteiger partial charge < -0.3 is 4.90 Å². The summed E-state index contributed by atoms with van der Waals surface area (Å²) in [4.78, 5) is 2.31. The van der Waals surface area contributed by atoms with E-state index >= 15 is 0 Å². The van der Waals surface area contributed by atoms with Crippen molar-refractivity contribution >= 4 is 21.6 Å². The van der Waals surface area contributed by atoms with Crippen LogP contribution in [0.5, 0.6) is 0 Å². The molecule has 0 aliphatic rings. The number of sulfonamides is 1. The van der Waals surface area contributed by atoms with Crippen LogP contribution in [0, 0.1) is 6.92 Å². The van der Waals surface area contributed by atoms with E-state index in [4.69, 9.17) is 11.6 Å². The van der Waals surface area contributed by atoms with Crippen molar-refractivity contribution in [2.24, 2.45) is 7.05 Å². The van der Waals surface area contributed by atoms with Crippen molar-refractivity contribution in [2.45, 2.75) is 32.6 Å². The summed E-state index contributed by atoms with van der Waals surface area (Å²) >= 11 is 6.10. The number of hydrogen-bond acceptors (Lipinski definition) is 4. The highest BCUT2D eigenvalue weighted by molar-refractivity contribution is 7.89. The van der Waals surface area contributed by atoms with Crippen molar-refractivity contribution in [1.29, 1.82) is 0 Å². The molecule has 122 valence electrons. The van der Waals surface area contributed by atoms with Gasteiger partial charge >= 0.3 is 0 Å². The minimum Gasteiger partial charge on any atom is -0.303 e. The molecule has 1 rings (SSSR count). The highest BCUT2D eigenvalue weighted by Gasteiger charge is 2.30. The van der Waals surface area contributed by atoms with Crippen LogP contribution >= 0.6 is 11.6 Å². The molecule has 0 bridgehead atoms. The largest absolute Gasteiger partial charge is 0.303 e. The lowest BCUT2D eigenvalue weighted by Gasteiger charge is -2.24. The lowest BCUT2D eigenvalue weighted by molar-refractivity contribution is 0.274. The highest BCUT2D eigenvalue weighted by Crippen LogP contribution is 2.27. The van der Waals surface area contributed by atoms with Crippen molar-refractivity contribution in [1.82, 2.24) is 19.0 Å². The van der Waals surface area contributed by atoms with Crippen LogP contribution in [-0.2, 0) is 17.1 Å². The molecule has 0 aliphatic heterocycles. The standard InChI is InChI=1S/C13H25ClN4O2S/c1-6-17(7-2)9-10-18(8-3)21(19,20)12-11(4)15-16(5)13(12)14/h6-10H2,1-5H3. The van der Waals surface area contributed by atoms with E-state index in [-0.39, 0.29) is 10.0 Å². The molecular formula is C13H25ClN4O2S. The molecule has 0 saturated heterocycles. The fourth-order valence-corrected chi connectivity index (χ4v) is 4.42. The topological polar surface area (TPSA) is 58.4 Å². The fourth-order valence-electron chi connectivity index (χ4n) is 2.27. The van der Waals surface area contributed by atoms with E-state index in [1.165, 1.54) is 8.99 Å². The molecule has 0 atom stereocenters. The Morgan fingerprint density at radius 3 is 2.10 bits per heavy atom. The van der Waals surface area contributed by atoms with E-state index in [2.05, 4.69) is 23.8 Å². The Kier molecular flexibility index (Phi) is 6.65. The van der Waals surface area contributed by atoms with Gasteiger partial charge in [0.15, 0.2) is 0 Å². The predicted molar refractivity (Wildman–Crippen MR) is 85.2 cm³/mol. The Morgan fingerprint density at radius 1 is 1.14 bits per heavy atom. The first-order chi connectivity index (χ1) is 9.79. The number of aryl methyl sites for hydroxylation is 2. The van der Waals surface area contributed by atoms with Gasteiger partial charge in [-0.3, -0.25) is 4.68 Å². The number of likely N-dealkylation sites (N-methyl/N-ethyl adjacent to an activating group) is 2. The molecule has 0 fully saturated rings. The zero-order valence-electron chi connectivity index (χ0n) is 13.4. The smallest absolute Gasteiger partial charge is 0.248 e. The second kappa shape index (κ2) is 7.58. The summed E-state index contributed by atoms with van der Waals surface area (Å²) < 4.78 is 28.4. The summed E-state index contributed by atoms with van der Waals surface area (Å²) in [5.41, 5.74) is 0.434. The molecule has 0 radical (unpaired) electrons. The number of aromatic nitrogens is 2. The second-order valence-corrected chi connectivity index (χ2v) is 7.09. The van der Waals surface area contributed by atoms with E-state index < -0.39 is 10.0 Å². The van der Waals surface area contributed by atoms with E-state index in [0.717, 1.165) is 13.1 Å². The Hall–Kier alpha value is -0.630. The van der Waals surface area contributed by atoms with Crippen molar-refractivity contribution in [3.8, 4) is 0 Å². The molecule has 0 saturated carbocycles. The molecule has 0 N–H and O–H groups in total. The third kappa shape index (κ3) is 3.97. The maximum atomic E-state index is 12.8. The number of hydrogen-bond donors (Lipinski definition) is 0. The minimum atomic E-state index is -3.61. The van der Waals surface area contributed by atoms with Crippen LogP contribution in [0.25, 0.3) is 0 Å². The van der Waals surface area contributed by atoms with Crippen molar-refractivity contribution in [3.05, 3.63) is 10.8 Å². The molecule has 8 heteroatoms. The van der Waals surface area contributed by atoms with Crippen molar-refractivity contribution in [3.63, 3.8) is 0 Å². The molecule has 0 amide bonds. The first kappa shape index (κ1) is 18.4. The Morgan fingerprint density at radius 2 is 1.71 bits per heavy atom. The van der Waals surface area contributed by atoms with Gasteiger partial charge in [0.2, 0.25) is 10.0 Å². The number of rotatable bonds is 8. The fraction of sp³-hybridized carbons (Fsp3) is 0.769. The molecule has 6 nitrogen and oxygen atoms in total. The molecule has 1 heterocycles. The van der Waals surface area contributed by atoms with E-state index in [1.54, 1.807) is 14.0 Å². The summed E-state index contributed by atoms with van der Waals surface area (Å²) in [7, 11) is -1.97. The summed E-state index contributed by atoms with van der Waals surface area (Å²) in [5, 5.41) is 4.25. The minimum absolute atomic E-state index is 0.119. The third-order valence-electron chi connectivity index (χ3n) is 3.61. The lowest BCUT2D eigenvalue weighted by atomic mass is 10.4. The highest BCUT2D eigenvalue weighted by atomic mass is 35.5. The number of halogens is 1. The summed E-state index contributed by atoms with van der Waals surface area (Å²) in [6.45, 7) is 11.0. The summed E-state index contributed by atoms with van der Waals surface area (Å²) in [6, 6.07) is 0. The van der Waals surface area contributed by atoms with Gasteiger partial charge in [-0.05, 0) is 20.0 Å². The van der Waals surface area contributed by atoms with Gasteiger partial charge in [0.05, 0.1) is 5.69 Å². The van der Waals surface area contributed by atoms with Gasteiger partial charge in [-0.15, -0.1) is 0 Å². The van der Waals surface area contributed by atoms with E-state index in [9.17, 15) is 8.42 Å². The first-order valence-corrected chi connectivity index (χ1v) is 9.02. The molecular weight excluding hydrogens is 312 g/mol. The lowest BCUT2D eigenvalue weighted by Crippen LogP contribution is -2.38. The van der Waals surface area contributed by atoms with Gasteiger partial charge in [0.1, 0.15) is 10.0 Å². The Balaban J connectivity index is 3.03. The van der Waals surface area contributed by atoms with Crippen LogP contribution < -0.4 is 0 Å². The quantitative estimate of drug-likeness (QED) is 0.725. The molecule has 0 unspecified atom stereocenters. The van der Waals surface area contributed by atoms with Crippen LogP contribution in [0.4, 0.5) is 0 Å². The van der Waals surface area contributed by atoms with E-state index in [0.29, 0.717) is 25.3 Å². The molecule has 21 heavy (non-hydrogen) atoms. The number of nitrogens with zero attached hydrogens (tertiary/aromatic N) is 4. The maximum absolute atomic E-state index is 12.8. The van der Waals surface area contributed by atoms with Crippen LogP contribution in [0.2, 0.25) is 5.15 Å². The molecule has 1 aromatic heterocycles. The zero-order chi connectivity index (χ0) is 16.2. The van der Waals surface area contributed by atoms with Gasteiger partial charge in [0.25, 0.3) is 0 Å². The predicted octanol–water partition coefficient (Wildman–Crippen LogP) is 1.73. The normalized spacial score (nSPS) is 12.6. The monoisotopic (exact) mass is 336 g/mol. The molecule has 0 aliphatic carbocycles. The van der Waals surface area contributed by atoms with Gasteiger partial charge in [-0.1, -0.05) is 32.4 Å². The first-order valence-electron chi connectivity index (χ1n) is 7.21. The molecule has 0 aromatic carbocycles. The van der Waals surface area contributed by atoms with Gasteiger partial charge in [-0.2, -0.15) is 9.40 Å². The third-order valence-corrected chi connectivity index (χ3v) is 6.28. The molecule has 1 aromatic rings. The van der Waals surface area contributed by atoms with Crippen LogP contribution in [0.3, 0.4) is 0 Å². The summed E-state index contributed by atoms with van der Waals surface area (Å²) in [6.07, 6.45) is 0.